The highest BCUT2D eigenvalue weighted by atomic mass is 16.6. The predicted molar refractivity (Wildman–Crippen MR) is 103 cm³/mol. The molecule has 4 rings (SSSR count). The number of imidazole rings is 1. The Morgan fingerprint density at radius 3 is 2.86 bits per heavy atom. The number of anilines is 1. The standard InChI is InChI=1S/C20H22N4O4/c1-13(26)21-9-17-10-24(20(27)28-17)16-4-2-14(3-5-16)15-6-7-23-12-22-18(11-25)19(23)8-15/h2-6,12,17,25H,7-11H2,1H3,(H,21,26)/t17-/m0/s1. The van der Waals surface area contributed by atoms with Gasteiger partial charge >= 0.3 is 6.09 Å². The number of hydrogen-bond acceptors (Lipinski definition) is 5. The summed E-state index contributed by atoms with van der Waals surface area (Å²) in [6, 6.07) is 7.77. The van der Waals surface area contributed by atoms with E-state index in [1.165, 1.54) is 12.5 Å². The minimum Gasteiger partial charge on any atom is -0.442 e. The van der Waals surface area contributed by atoms with Gasteiger partial charge in [-0.15, -0.1) is 0 Å². The highest BCUT2D eigenvalue weighted by Crippen LogP contribution is 2.28. The van der Waals surface area contributed by atoms with Crippen LogP contribution in [0.15, 0.2) is 36.7 Å². The number of fused-ring (bicyclic) bond motifs is 1. The van der Waals surface area contributed by atoms with Crippen molar-refractivity contribution in [2.75, 3.05) is 18.0 Å². The van der Waals surface area contributed by atoms with Gasteiger partial charge in [-0.3, -0.25) is 9.69 Å². The van der Waals surface area contributed by atoms with E-state index in [1.54, 1.807) is 11.2 Å². The van der Waals surface area contributed by atoms with E-state index in [0.717, 1.165) is 23.5 Å². The fourth-order valence-electron chi connectivity index (χ4n) is 3.58. The Bertz CT molecular complexity index is 932. The van der Waals surface area contributed by atoms with Crippen LogP contribution in [-0.2, 0) is 29.1 Å². The molecule has 3 heterocycles. The molecule has 0 spiro atoms. The number of nitrogens with one attached hydrogen (secondary N) is 1. The van der Waals surface area contributed by atoms with E-state index in [0.29, 0.717) is 25.2 Å². The van der Waals surface area contributed by atoms with Crippen molar-refractivity contribution in [1.29, 1.82) is 0 Å². The average molecular weight is 382 g/mol. The van der Waals surface area contributed by atoms with Crippen molar-refractivity contribution in [3.8, 4) is 0 Å². The van der Waals surface area contributed by atoms with E-state index in [2.05, 4.69) is 16.4 Å². The van der Waals surface area contributed by atoms with Crippen LogP contribution in [-0.4, -0.2) is 45.9 Å². The molecule has 1 fully saturated rings. The van der Waals surface area contributed by atoms with Crippen LogP contribution in [0.3, 0.4) is 0 Å². The van der Waals surface area contributed by atoms with E-state index in [-0.39, 0.29) is 18.6 Å². The Hall–Kier alpha value is -3.13. The van der Waals surface area contributed by atoms with Gasteiger partial charge in [-0.1, -0.05) is 18.2 Å². The first-order valence-corrected chi connectivity index (χ1v) is 9.21. The summed E-state index contributed by atoms with van der Waals surface area (Å²) in [6.07, 6.45) is 3.86. The Morgan fingerprint density at radius 1 is 1.36 bits per heavy atom. The normalized spacial score (nSPS) is 18.5. The van der Waals surface area contributed by atoms with Crippen molar-refractivity contribution in [2.45, 2.75) is 32.6 Å². The number of carbonyl (C=O) groups excluding carboxylic acids is 2. The fourth-order valence-corrected chi connectivity index (χ4v) is 3.58. The molecule has 2 aromatic rings. The Balaban J connectivity index is 1.45. The molecule has 1 saturated heterocycles. The van der Waals surface area contributed by atoms with Crippen LogP contribution in [0.1, 0.15) is 23.9 Å². The predicted octanol–water partition coefficient (Wildman–Crippen LogP) is 1.48. The molecule has 0 saturated carbocycles. The van der Waals surface area contributed by atoms with E-state index < -0.39 is 6.09 Å². The molecule has 0 aliphatic carbocycles. The molecule has 146 valence electrons. The van der Waals surface area contributed by atoms with Gasteiger partial charge in [0.25, 0.3) is 0 Å². The molecule has 2 aliphatic heterocycles. The van der Waals surface area contributed by atoms with Crippen molar-refractivity contribution >= 4 is 23.3 Å². The molecular formula is C20H22N4O4. The second-order valence-electron chi connectivity index (χ2n) is 6.95. The van der Waals surface area contributed by atoms with Crippen LogP contribution >= 0.6 is 0 Å². The quantitative estimate of drug-likeness (QED) is 0.816. The lowest BCUT2D eigenvalue weighted by Gasteiger charge is -2.18. The van der Waals surface area contributed by atoms with E-state index >= 15 is 0 Å². The number of nitrogens with zero attached hydrogens (tertiary/aromatic N) is 3. The van der Waals surface area contributed by atoms with E-state index in [9.17, 15) is 14.7 Å². The zero-order chi connectivity index (χ0) is 19.7. The van der Waals surface area contributed by atoms with Gasteiger partial charge in [0.2, 0.25) is 5.91 Å². The first-order chi connectivity index (χ1) is 13.5. The van der Waals surface area contributed by atoms with Crippen LogP contribution < -0.4 is 10.2 Å². The summed E-state index contributed by atoms with van der Waals surface area (Å²) >= 11 is 0. The Labute approximate surface area is 162 Å². The average Bonchev–Trinajstić information content (AvgIpc) is 3.29. The second-order valence-corrected chi connectivity index (χ2v) is 6.95. The number of ether oxygens (including phenoxy) is 1. The Kier molecular flexibility index (Phi) is 4.87. The molecule has 2 aliphatic rings. The molecule has 2 N–H and O–H groups in total. The van der Waals surface area contributed by atoms with Crippen molar-refractivity contribution in [3.63, 3.8) is 0 Å². The number of rotatable bonds is 5. The maximum absolute atomic E-state index is 12.1. The molecule has 28 heavy (non-hydrogen) atoms. The van der Waals surface area contributed by atoms with Crippen LogP contribution in [0.5, 0.6) is 0 Å². The molecule has 8 nitrogen and oxygen atoms in total. The highest BCUT2D eigenvalue weighted by Gasteiger charge is 2.32. The molecule has 1 atom stereocenters. The Morgan fingerprint density at radius 2 is 2.14 bits per heavy atom. The first kappa shape index (κ1) is 18.2. The van der Waals surface area contributed by atoms with Gasteiger partial charge in [-0.25, -0.2) is 9.78 Å². The zero-order valence-corrected chi connectivity index (χ0v) is 15.6. The molecule has 0 bridgehead atoms. The molecule has 8 heteroatoms. The van der Waals surface area contributed by atoms with Gasteiger partial charge in [0.1, 0.15) is 6.10 Å². The van der Waals surface area contributed by atoms with Crippen LogP contribution in [0.4, 0.5) is 10.5 Å². The molecule has 0 radical (unpaired) electrons. The number of amides is 2. The van der Waals surface area contributed by atoms with Gasteiger partial charge in [-0.05, 0) is 23.3 Å². The highest BCUT2D eigenvalue weighted by molar-refractivity contribution is 5.90. The zero-order valence-electron chi connectivity index (χ0n) is 15.6. The fraction of sp³-hybridized carbons (Fsp3) is 0.350. The second kappa shape index (κ2) is 7.47. The summed E-state index contributed by atoms with van der Waals surface area (Å²) in [5.74, 6) is -0.148. The van der Waals surface area contributed by atoms with Gasteiger partial charge in [0.05, 0.1) is 31.7 Å². The molecule has 2 amide bonds. The number of cyclic esters (lactones) is 1. The first-order valence-electron chi connectivity index (χ1n) is 9.21. The van der Waals surface area contributed by atoms with Crippen LogP contribution in [0.25, 0.3) is 5.57 Å². The number of aromatic nitrogens is 2. The summed E-state index contributed by atoms with van der Waals surface area (Å²) in [5.41, 5.74) is 4.75. The monoisotopic (exact) mass is 382 g/mol. The van der Waals surface area contributed by atoms with Crippen molar-refractivity contribution in [1.82, 2.24) is 14.9 Å². The third-order valence-corrected chi connectivity index (χ3v) is 5.08. The number of benzene rings is 1. The topological polar surface area (TPSA) is 96.7 Å². The summed E-state index contributed by atoms with van der Waals surface area (Å²) < 4.78 is 7.35. The number of carbonyl (C=O) groups is 2. The summed E-state index contributed by atoms with van der Waals surface area (Å²) in [7, 11) is 0. The van der Waals surface area contributed by atoms with Crippen LogP contribution in [0.2, 0.25) is 0 Å². The molecule has 1 aromatic heterocycles. The van der Waals surface area contributed by atoms with Gasteiger partial charge in [0, 0.05) is 31.3 Å². The number of allylic oxidation sites excluding steroid dienone is 2. The minimum atomic E-state index is -0.406. The molecule has 0 unspecified atom stereocenters. The number of hydrogen-bond donors (Lipinski definition) is 2. The lowest BCUT2D eigenvalue weighted by atomic mass is 9.97. The summed E-state index contributed by atoms with van der Waals surface area (Å²) in [5, 5.41) is 12.1. The van der Waals surface area contributed by atoms with Gasteiger partial charge in [-0.2, -0.15) is 0 Å². The summed E-state index contributed by atoms with van der Waals surface area (Å²) in [6.45, 7) is 2.81. The minimum absolute atomic E-state index is 0.0642. The van der Waals surface area contributed by atoms with Crippen molar-refractivity contribution in [3.05, 3.63) is 53.6 Å². The molecular weight excluding hydrogens is 360 g/mol. The third kappa shape index (κ3) is 3.50. The lowest BCUT2D eigenvalue weighted by molar-refractivity contribution is -0.119. The van der Waals surface area contributed by atoms with Crippen molar-refractivity contribution in [2.24, 2.45) is 0 Å². The number of aliphatic hydroxyl groups is 1. The van der Waals surface area contributed by atoms with E-state index in [4.69, 9.17) is 4.74 Å². The maximum atomic E-state index is 12.1. The third-order valence-electron chi connectivity index (χ3n) is 5.08. The lowest BCUT2D eigenvalue weighted by Crippen LogP contribution is -2.33. The smallest absolute Gasteiger partial charge is 0.414 e. The van der Waals surface area contributed by atoms with E-state index in [1.807, 2.05) is 28.8 Å². The SMILES string of the molecule is CC(=O)NC[C@H]1CN(c2ccc(C3=CCn4cnc(CO)c4C3)cc2)C(=O)O1. The van der Waals surface area contributed by atoms with Gasteiger partial charge < -0.3 is 19.7 Å². The van der Waals surface area contributed by atoms with Gasteiger partial charge in [0.15, 0.2) is 0 Å². The largest absolute Gasteiger partial charge is 0.442 e. The number of aliphatic hydroxyl groups excluding tert-OH is 1. The maximum Gasteiger partial charge on any atom is 0.414 e. The summed E-state index contributed by atoms with van der Waals surface area (Å²) in [4.78, 5) is 29.0. The molecule has 1 aromatic carbocycles. The van der Waals surface area contributed by atoms with Crippen molar-refractivity contribution < 1.29 is 19.4 Å². The van der Waals surface area contributed by atoms with Crippen LogP contribution in [0, 0.1) is 0 Å².